The molecule has 1 aromatic heterocycles. The highest BCUT2D eigenvalue weighted by atomic mass is 16.4. The summed E-state index contributed by atoms with van der Waals surface area (Å²) >= 11 is 0. The minimum Gasteiger partial charge on any atom is -0.430 e. The highest BCUT2D eigenvalue weighted by Gasteiger charge is 2.03. The lowest BCUT2D eigenvalue weighted by molar-refractivity contribution is 0.557. The molecule has 2 nitrogen and oxygen atoms in total. The van der Waals surface area contributed by atoms with Crippen LogP contribution in [0, 0.1) is 11.8 Å². The second-order valence-corrected chi connectivity index (χ2v) is 4.01. The summed E-state index contributed by atoms with van der Waals surface area (Å²) in [6.45, 7) is 0. The lowest BCUT2D eigenvalue weighted by atomic mass is 10.2. The molecule has 0 fully saturated rings. The van der Waals surface area contributed by atoms with E-state index in [2.05, 4.69) is 16.8 Å². The van der Waals surface area contributed by atoms with E-state index < -0.39 is 0 Å². The maximum absolute atomic E-state index is 5.61. The van der Waals surface area contributed by atoms with Gasteiger partial charge in [0.25, 0.3) is 5.89 Å². The Morgan fingerprint density at radius 2 is 1.47 bits per heavy atom. The van der Waals surface area contributed by atoms with Crippen molar-refractivity contribution in [1.29, 1.82) is 0 Å². The molecule has 1 heterocycles. The Hall–Kier alpha value is -2.79. The van der Waals surface area contributed by atoms with Gasteiger partial charge in [0, 0.05) is 11.1 Å². The molecule has 0 unspecified atom stereocenters. The number of aromatic nitrogens is 1. The van der Waals surface area contributed by atoms with Crippen LogP contribution < -0.4 is 0 Å². The van der Waals surface area contributed by atoms with Gasteiger partial charge in [0.2, 0.25) is 0 Å². The zero-order chi connectivity index (χ0) is 12.9. The van der Waals surface area contributed by atoms with Crippen LogP contribution in [0.4, 0.5) is 0 Å². The summed E-state index contributed by atoms with van der Waals surface area (Å²) in [5, 5.41) is 0. The maximum Gasteiger partial charge on any atom is 0.274 e. The summed E-state index contributed by atoms with van der Waals surface area (Å²) in [6.07, 6.45) is 1.70. The van der Waals surface area contributed by atoms with Crippen LogP contribution in [0.15, 0.2) is 71.3 Å². The van der Waals surface area contributed by atoms with E-state index in [-0.39, 0.29) is 0 Å². The molecule has 0 radical (unpaired) electrons. The van der Waals surface area contributed by atoms with Crippen LogP contribution in [0.5, 0.6) is 0 Å². The lowest BCUT2D eigenvalue weighted by Crippen LogP contribution is -1.73. The molecule has 2 heteroatoms. The van der Waals surface area contributed by atoms with Gasteiger partial charge >= 0.3 is 0 Å². The number of nitrogens with zero attached hydrogens (tertiary/aromatic N) is 1. The molecule has 0 saturated carbocycles. The van der Waals surface area contributed by atoms with Gasteiger partial charge in [-0.25, -0.2) is 4.98 Å². The highest BCUT2D eigenvalue weighted by molar-refractivity contribution is 5.56. The molecular weight excluding hydrogens is 234 g/mol. The molecular formula is C17H11NO. The molecule has 0 bridgehead atoms. The monoisotopic (exact) mass is 245 g/mol. The summed E-state index contributed by atoms with van der Waals surface area (Å²) in [4.78, 5) is 4.17. The molecule has 3 aromatic rings. The van der Waals surface area contributed by atoms with E-state index in [1.165, 1.54) is 0 Å². The Bertz CT molecular complexity index is 718. The van der Waals surface area contributed by atoms with Gasteiger partial charge < -0.3 is 4.42 Å². The second kappa shape index (κ2) is 5.24. The summed E-state index contributed by atoms with van der Waals surface area (Å²) < 4.78 is 5.61. The molecule has 0 aliphatic heterocycles. The minimum atomic E-state index is 0.433. The van der Waals surface area contributed by atoms with Crippen LogP contribution in [-0.2, 0) is 0 Å². The lowest BCUT2D eigenvalue weighted by Gasteiger charge is -1.92. The molecule has 0 N–H and O–H groups in total. The van der Waals surface area contributed by atoms with E-state index in [9.17, 15) is 0 Å². The zero-order valence-electron chi connectivity index (χ0n) is 10.2. The second-order valence-electron chi connectivity index (χ2n) is 4.01. The van der Waals surface area contributed by atoms with Gasteiger partial charge in [0.1, 0.15) is 0 Å². The number of hydrogen-bond acceptors (Lipinski definition) is 2. The standard InChI is InChI=1S/C17H11NO/c1-3-7-14(8-4-1)11-12-17-18-13-16(19-17)15-9-5-2-6-10-15/h1-10,13H. The fraction of sp³-hybridized carbons (Fsp3) is 0. The first kappa shape index (κ1) is 11.3. The normalized spacial score (nSPS) is 9.68. The quantitative estimate of drug-likeness (QED) is 0.610. The molecule has 0 spiro atoms. The van der Waals surface area contributed by atoms with Gasteiger partial charge in [0.05, 0.1) is 6.20 Å². The maximum atomic E-state index is 5.61. The largest absolute Gasteiger partial charge is 0.430 e. The van der Waals surface area contributed by atoms with Crippen LogP contribution in [0.2, 0.25) is 0 Å². The third kappa shape index (κ3) is 2.72. The molecule has 2 aromatic carbocycles. The van der Waals surface area contributed by atoms with Crippen molar-refractivity contribution in [2.45, 2.75) is 0 Å². The summed E-state index contributed by atoms with van der Waals surface area (Å²) in [6, 6.07) is 19.6. The van der Waals surface area contributed by atoms with E-state index in [4.69, 9.17) is 4.42 Å². The Kier molecular flexibility index (Phi) is 3.12. The van der Waals surface area contributed by atoms with Crippen LogP contribution in [0.3, 0.4) is 0 Å². The Labute approximate surface area is 111 Å². The van der Waals surface area contributed by atoms with E-state index in [1.807, 2.05) is 60.7 Å². The summed E-state index contributed by atoms with van der Waals surface area (Å²) in [5.41, 5.74) is 1.95. The molecule has 0 saturated heterocycles. The topological polar surface area (TPSA) is 26.0 Å². The summed E-state index contributed by atoms with van der Waals surface area (Å²) in [5.74, 6) is 7.11. The predicted octanol–water partition coefficient (Wildman–Crippen LogP) is 3.74. The Morgan fingerprint density at radius 3 is 2.21 bits per heavy atom. The predicted molar refractivity (Wildman–Crippen MR) is 74.4 cm³/mol. The van der Waals surface area contributed by atoms with E-state index in [0.29, 0.717) is 5.89 Å². The molecule has 0 atom stereocenters. The van der Waals surface area contributed by atoms with Crippen molar-refractivity contribution in [3.05, 3.63) is 78.3 Å². The molecule has 0 aliphatic rings. The van der Waals surface area contributed by atoms with Gasteiger partial charge in [-0.15, -0.1) is 0 Å². The van der Waals surface area contributed by atoms with Crippen molar-refractivity contribution in [2.75, 3.05) is 0 Å². The van der Waals surface area contributed by atoms with Gasteiger partial charge in [-0.1, -0.05) is 54.5 Å². The number of rotatable bonds is 1. The Balaban J connectivity index is 1.85. The number of benzene rings is 2. The SMILES string of the molecule is C(#Cc1ncc(-c2ccccc2)o1)c1ccccc1. The molecule has 0 aliphatic carbocycles. The minimum absolute atomic E-state index is 0.433. The molecule has 0 amide bonds. The molecule has 3 rings (SSSR count). The molecule has 19 heavy (non-hydrogen) atoms. The van der Waals surface area contributed by atoms with Gasteiger partial charge in [-0.2, -0.15) is 0 Å². The van der Waals surface area contributed by atoms with Crippen molar-refractivity contribution in [1.82, 2.24) is 4.98 Å². The van der Waals surface area contributed by atoms with E-state index in [1.54, 1.807) is 6.20 Å². The zero-order valence-corrected chi connectivity index (χ0v) is 10.2. The highest BCUT2D eigenvalue weighted by Crippen LogP contribution is 2.19. The van der Waals surface area contributed by atoms with Gasteiger partial charge in [-0.05, 0) is 18.1 Å². The first-order chi connectivity index (χ1) is 9.42. The van der Waals surface area contributed by atoms with Crippen LogP contribution >= 0.6 is 0 Å². The van der Waals surface area contributed by atoms with Gasteiger partial charge in [0.15, 0.2) is 5.76 Å². The fourth-order valence-corrected chi connectivity index (χ4v) is 1.71. The third-order valence-corrected chi connectivity index (χ3v) is 2.65. The van der Waals surface area contributed by atoms with Crippen molar-refractivity contribution in [2.24, 2.45) is 0 Å². The van der Waals surface area contributed by atoms with Gasteiger partial charge in [-0.3, -0.25) is 0 Å². The van der Waals surface area contributed by atoms with Crippen molar-refractivity contribution >= 4 is 0 Å². The van der Waals surface area contributed by atoms with Crippen LogP contribution in [0.25, 0.3) is 11.3 Å². The average Bonchev–Trinajstić information content (AvgIpc) is 2.96. The van der Waals surface area contributed by atoms with Crippen LogP contribution in [0.1, 0.15) is 11.5 Å². The average molecular weight is 245 g/mol. The fourth-order valence-electron chi connectivity index (χ4n) is 1.71. The van der Waals surface area contributed by atoms with E-state index in [0.717, 1.165) is 16.9 Å². The molecule has 90 valence electrons. The van der Waals surface area contributed by atoms with E-state index >= 15 is 0 Å². The third-order valence-electron chi connectivity index (χ3n) is 2.65. The summed E-state index contributed by atoms with van der Waals surface area (Å²) in [7, 11) is 0. The van der Waals surface area contributed by atoms with Crippen molar-refractivity contribution in [3.63, 3.8) is 0 Å². The van der Waals surface area contributed by atoms with Crippen molar-refractivity contribution < 1.29 is 4.42 Å². The van der Waals surface area contributed by atoms with Crippen molar-refractivity contribution in [3.8, 4) is 23.2 Å². The number of hydrogen-bond donors (Lipinski definition) is 0. The van der Waals surface area contributed by atoms with Crippen LogP contribution in [-0.4, -0.2) is 4.98 Å². The smallest absolute Gasteiger partial charge is 0.274 e. The first-order valence-electron chi connectivity index (χ1n) is 6.00. The Morgan fingerprint density at radius 1 is 0.789 bits per heavy atom. The first-order valence-corrected chi connectivity index (χ1v) is 6.00. The number of oxazole rings is 1.